The van der Waals surface area contributed by atoms with E-state index in [1.807, 2.05) is 32.0 Å². The minimum atomic E-state index is -0.569. The van der Waals surface area contributed by atoms with Crippen LogP contribution in [0.25, 0.3) is 11.5 Å². The minimum Gasteiger partial charge on any atom is -0.381 e. The number of ether oxygens (including phenoxy) is 1. The molecule has 2 heterocycles. The molecule has 1 aliphatic heterocycles. The number of aryl methyl sites for hydroxylation is 2. The Morgan fingerprint density at radius 3 is 2.69 bits per heavy atom. The molecule has 0 spiro atoms. The highest BCUT2D eigenvalue weighted by Gasteiger charge is 2.39. The van der Waals surface area contributed by atoms with Gasteiger partial charge in [-0.2, -0.15) is 4.98 Å². The second-order valence-corrected chi connectivity index (χ2v) is 6.45. The van der Waals surface area contributed by atoms with Gasteiger partial charge in [0, 0.05) is 37.4 Å². The summed E-state index contributed by atoms with van der Waals surface area (Å²) in [5.41, 5.74) is 7.83. The van der Waals surface area contributed by atoms with Gasteiger partial charge in [-0.15, -0.1) is 12.4 Å². The first kappa shape index (κ1) is 20.4. The van der Waals surface area contributed by atoms with Crippen molar-refractivity contribution in [1.82, 2.24) is 10.1 Å². The summed E-state index contributed by atoms with van der Waals surface area (Å²) in [6.45, 7) is 5.35. The maximum absolute atomic E-state index is 12.9. The predicted octanol–water partition coefficient (Wildman–Crippen LogP) is 2.72. The summed E-state index contributed by atoms with van der Waals surface area (Å²) in [6.07, 6.45) is 1.98. The van der Waals surface area contributed by atoms with Gasteiger partial charge in [-0.3, -0.25) is 4.79 Å². The van der Waals surface area contributed by atoms with Crippen molar-refractivity contribution in [2.75, 3.05) is 25.1 Å². The number of amides is 1. The fourth-order valence-corrected chi connectivity index (χ4v) is 2.95. The third kappa shape index (κ3) is 4.06. The van der Waals surface area contributed by atoms with E-state index in [1.165, 1.54) is 0 Å². The van der Waals surface area contributed by atoms with Crippen LogP contribution in [-0.4, -0.2) is 35.8 Å². The summed E-state index contributed by atoms with van der Waals surface area (Å²) in [5.74, 6) is 1.05. The molecule has 26 heavy (non-hydrogen) atoms. The molecule has 1 aromatic carbocycles. The Morgan fingerprint density at radius 2 is 2.08 bits per heavy atom. The zero-order chi connectivity index (χ0) is 17.9. The summed E-state index contributed by atoms with van der Waals surface area (Å²) in [7, 11) is 0. The van der Waals surface area contributed by atoms with Crippen molar-refractivity contribution in [3.63, 3.8) is 0 Å². The molecule has 142 valence electrons. The lowest BCUT2D eigenvalue weighted by Crippen LogP contribution is -2.46. The molecule has 8 heteroatoms. The summed E-state index contributed by atoms with van der Waals surface area (Å²) in [5, 5.41) is 6.96. The standard InChI is InChI=1S/C18H24N4O3.ClH/c1-3-15-21-16(25-22-15)13-5-4-12(2)14(10-13)20-17(23)18(11-19)6-8-24-9-7-18;/h4-5,10H,3,6-9,11,19H2,1-2H3,(H,20,23);1H. The first-order valence-electron chi connectivity index (χ1n) is 8.61. The number of nitrogens with two attached hydrogens (primary N) is 1. The van der Waals surface area contributed by atoms with Crippen molar-refractivity contribution in [2.24, 2.45) is 11.1 Å². The number of benzene rings is 1. The second-order valence-electron chi connectivity index (χ2n) is 6.45. The number of nitrogens with one attached hydrogen (secondary N) is 1. The lowest BCUT2D eigenvalue weighted by molar-refractivity contribution is -0.130. The fourth-order valence-electron chi connectivity index (χ4n) is 2.95. The highest BCUT2D eigenvalue weighted by atomic mass is 35.5. The fraction of sp³-hybridized carbons (Fsp3) is 0.500. The minimum absolute atomic E-state index is 0. The van der Waals surface area contributed by atoms with E-state index >= 15 is 0 Å². The normalized spacial score (nSPS) is 16.0. The van der Waals surface area contributed by atoms with Crippen LogP contribution in [0.4, 0.5) is 5.69 Å². The Morgan fingerprint density at radius 1 is 1.35 bits per heavy atom. The van der Waals surface area contributed by atoms with Gasteiger partial charge >= 0.3 is 0 Å². The van der Waals surface area contributed by atoms with E-state index in [9.17, 15) is 4.79 Å². The number of aromatic nitrogens is 2. The first-order valence-corrected chi connectivity index (χ1v) is 8.61. The average Bonchev–Trinajstić information content (AvgIpc) is 3.13. The molecule has 0 radical (unpaired) electrons. The summed E-state index contributed by atoms with van der Waals surface area (Å²) >= 11 is 0. The van der Waals surface area contributed by atoms with E-state index in [0.717, 1.165) is 16.8 Å². The number of anilines is 1. The topological polar surface area (TPSA) is 103 Å². The van der Waals surface area contributed by atoms with Gasteiger partial charge in [-0.05, 0) is 37.5 Å². The van der Waals surface area contributed by atoms with Gasteiger partial charge in [0.2, 0.25) is 5.91 Å². The molecule has 0 unspecified atom stereocenters. The summed E-state index contributed by atoms with van der Waals surface area (Å²) in [4.78, 5) is 17.2. The zero-order valence-corrected chi connectivity index (χ0v) is 15.9. The molecule has 0 aliphatic carbocycles. The van der Waals surface area contributed by atoms with Crippen LogP contribution in [0.15, 0.2) is 22.7 Å². The van der Waals surface area contributed by atoms with Crippen molar-refractivity contribution in [1.29, 1.82) is 0 Å². The smallest absolute Gasteiger partial charge is 0.257 e. The molecule has 1 aromatic heterocycles. The Labute approximate surface area is 159 Å². The molecule has 0 saturated carbocycles. The molecule has 0 atom stereocenters. The summed E-state index contributed by atoms with van der Waals surface area (Å²) < 4.78 is 10.7. The molecule has 3 rings (SSSR count). The second kappa shape index (κ2) is 8.62. The van der Waals surface area contributed by atoms with Gasteiger partial charge in [0.15, 0.2) is 5.82 Å². The number of carbonyl (C=O) groups is 1. The molecule has 1 saturated heterocycles. The SMILES string of the molecule is CCc1noc(-c2ccc(C)c(NC(=O)C3(CN)CCOCC3)c2)n1.Cl. The maximum Gasteiger partial charge on any atom is 0.257 e. The van der Waals surface area contributed by atoms with E-state index in [4.69, 9.17) is 15.0 Å². The number of halogens is 1. The predicted molar refractivity (Wildman–Crippen MR) is 101 cm³/mol. The molecular weight excluding hydrogens is 356 g/mol. The summed E-state index contributed by atoms with van der Waals surface area (Å²) in [6, 6.07) is 5.70. The molecule has 1 aliphatic rings. The van der Waals surface area contributed by atoms with E-state index in [1.54, 1.807) is 0 Å². The zero-order valence-electron chi connectivity index (χ0n) is 15.1. The lowest BCUT2D eigenvalue weighted by atomic mass is 9.79. The third-order valence-electron chi connectivity index (χ3n) is 4.84. The molecule has 1 fully saturated rings. The Hall–Kier alpha value is -1.96. The molecular formula is C18H25ClN4O3. The van der Waals surface area contributed by atoms with Gasteiger partial charge in [-0.25, -0.2) is 0 Å². The number of nitrogens with zero attached hydrogens (tertiary/aromatic N) is 2. The van der Waals surface area contributed by atoms with Crippen molar-refractivity contribution >= 4 is 24.0 Å². The van der Waals surface area contributed by atoms with Gasteiger partial charge in [0.25, 0.3) is 5.89 Å². The monoisotopic (exact) mass is 380 g/mol. The van der Waals surface area contributed by atoms with Crippen LogP contribution in [-0.2, 0) is 16.0 Å². The quantitative estimate of drug-likeness (QED) is 0.826. The number of hydrogen-bond acceptors (Lipinski definition) is 6. The van der Waals surface area contributed by atoms with Crippen molar-refractivity contribution in [2.45, 2.75) is 33.1 Å². The van der Waals surface area contributed by atoms with Crippen molar-refractivity contribution in [3.05, 3.63) is 29.6 Å². The number of hydrogen-bond donors (Lipinski definition) is 2. The van der Waals surface area contributed by atoms with Gasteiger partial charge in [-0.1, -0.05) is 18.1 Å². The van der Waals surface area contributed by atoms with Crippen molar-refractivity contribution in [3.8, 4) is 11.5 Å². The highest BCUT2D eigenvalue weighted by Crippen LogP contribution is 2.32. The van der Waals surface area contributed by atoms with Crippen LogP contribution >= 0.6 is 12.4 Å². The van der Waals surface area contributed by atoms with E-state index in [2.05, 4.69) is 15.5 Å². The Kier molecular flexibility index (Phi) is 6.75. The highest BCUT2D eigenvalue weighted by molar-refractivity contribution is 5.96. The van der Waals surface area contributed by atoms with Crippen LogP contribution in [0.1, 0.15) is 31.2 Å². The van der Waals surface area contributed by atoms with Gasteiger partial charge in [0.1, 0.15) is 0 Å². The molecule has 0 bridgehead atoms. The number of carbonyl (C=O) groups excluding carboxylic acids is 1. The Bertz CT molecular complexity index is 757. The maximum atomic E-state index is 12.9. The van der Waals surface area contributed by atoms with Crippen LogP contribution in [0.5, 0.6) is 0 Å². The Balaban J connectivity index is 0.00000243. The number of rotatable bonds is 5. The third-order valence-corrected chi connectivity index (χ3v) is 4.84. The first-order chi connectivity index (χ1) is 12.1. The van der Waals surface area contributed by atoms with E-state index in [0.29, 0.717) is 50.7 Å². The molecule has 2 aromatic rings. The van der Waals surface area contributed by atoms with Crippen LogP contribution in [0, 0.1) is 12.3 Å². The van der Waals surface area contributed by atoms with E-state index < -0.39 is 5.41 Å². The van der Waals surface area contributed by atoms with Crippen LogP contribution in [0.2, 0.25) is 0 Å². The van der Waals surface area contributed by atoms with Crippen molar-refractivity contribution < 1.29 is 14.1 Å². The molecule has 7 nitrogen and oxygen atoms in total. The largest absolute Gasteiger partial charge is 0.381 e. The molecule has 1 amide bonds. The lowest BCUT2D eigenvalue weighted by Gasteiger charge is -2.34. The van der Waals surface area contributed by atoms with Gasteiger partial charge in [0.05, 0.1) is 5.41 Å². The van der Waals surface area contributed by atoms with E-state index in [-0.39, 0.29) is 18.3 Å². The molecule has 3 N–H and O–H groups in total. The van der Waals surface area contributed by atoms with Gasteiger partial charge < -0.3 is 20.3 Å². The van der Waals surface area contributed by atoms with Crippen LogP contribution in [0.3, 0.4) is 0 Å². The average molecular weight is 381 g/mol. The van der Waals surface area contributed by atoms with Crippen LogP contribution < -0.4 is 11.1 Å².